The van der Waals surface area contributed by atoms with Gasteiger partial charge in [-0.2, -0.15) is 0 Å². The Morgan fingerprint density at radius 2 is 1.47 bits per heavy atom. The maximum absolute atomic E-state index is 3.51. The molecule has 0 heterocycles. The number of rotatable bonds is 6. The molecule has 104 valence electrons. The summed E-state index contributed by atoms with van der Waals surface area (Å²) in [6.07, 6.45) is 0. The van der Waals surface area contributed by atoms with Crippen molar-refractivity contribution in [2.75, 3.05) is 33.2 Å². The highest BCUT2D eigenvalue weighted by Gasteiger charge is 2.18. The lowest BCUT2D eigenvalue weighted by molar-refractivity contribution is 0.245. The van der Waals surface area contributed by atoms with E-state index in [1.807, 2.05) is 0 Å². The van der Waals surface area contributed by atoms with E-state index in [0.717, 1.165) is 26.2 Å². The third-order valence-electron chi connectivity index (χ3n) is 2.55. The molecule has 0 aliphatic heterocycles. The van der Waals surface area contributed by atoms with E-state index in [4.69, 9.17) is 0 Å². The topological polar surface area (TPSA) is 18.5 Å². The summed E-state index contributed by atoms with van der Waals surface area (Å²) in [6, 6.07) is 0. The highest BCUT2D eigenvalue weighted by Crippen LogP contribution is 2.17. The highest BCUT2D eigenvalue weighted by atomic mass is 127. The highest BCUT2D eigenvalue weighted by molar-refractivity contribution is 14.1. The Labute approximate surface area is 122 Å². The molecular formula is C13H30IN3. The third-order valence-corrected chi connectivity index (χ3v) is 4.48. The van der Waals surface area contributed by atoms with Gasteiger partial charge in [0.05, 0.1) is 0 Å². The van der Waals surface area contributed by atoms with Gasteiger partial charge < -0.3 is 10.2 Å². The largest absolute Gasteiger partial charge is 0.311 e. The van der Waals surface area contributed by atoms with Crippen molar-refractivity contribution >= 4 is 22.9 Å². The number of nitrogens with one attached hydrogen (secondary N) is 1. The van der Waals surface area contributed by atoms with Gasteiger partial charge in [0.2, 0.25) is 0 Å². The number of hydrogen-bond donors (Lipinski definition) is 1. The minimum atomic E-state index is 0.224. The van der Waals surface area contributed by atoms with Crippen LogP contribution in [0.2, 0.25) is 0 Å². The Morgan fingerprint density at radius 1 is 0.941 bits per heavy atom. The van der Waals surface area contributed by atoms with Gasteiger partial charge in [-0.3, -0.25) is 0 Å². The van der Waals surface area contributed by atoms with Crippen LogP contribution in [-0.2, 0) is 0 Å². The molecule has 3 nitrogen and oxygen atoms in total. The van der Waals surface area contributed by atoms with E-state index in [-0.39, 0.29) is 11.1 Å². The second kappa shape index (κ2) is 7.26. The monoisotopic (exact) mass is 355 g/mol. The zero-order valence-electron chi connectivity index (χ0n) is 12.6. The molecule has 0 saturated heterocycles. The maximum atomic E-state index is 3.51. The van der Waals surface area contributed by atoms with Crippen molar-refractivity contribution in [3.63, 3.8) is 0 Å². The predicted octanol–water partition coefficient (Wildman–Crippen LogP) is 2.76. The normalized spacial score (nSPS) is 13.8. The zero-order valence-corrected chi connectivity index (χ0v) is 14.8. The van der Waals surface area contributed by atoms with Gasteiger partial charge in [-0.15, -0.1) is 0 Å². The molecule has 0 aromatic heterocycles. The maximum Gasteiger partial charge on any atom is 0.0221 e. The minimum absolute atomic E-state index is 0.224. The summed E-state index contributed by atoms with van der Waals surface area (Å²) >= 11 is 2.42. The fraction of sp³-hybridized carbons (Fsp3) is 1.00. The molecule has 0 spiro atoms. The van der Waals surface area contributed by atoms with Crippen LogP contribution < -0.4 is 5.32 Å². The van der Waals surface area contributed by atoms with E-state index >= 15 is 0 Å². The van der Waals surface area contributed by atoms with Crippen LogP contribution in [0.5, 0.6) is 0 Å². The molecule has 0 aliphatic rings. The van der Waals surface area contributed by atoms with Crippen LogP contribution in [0, 0.1) is 0 Å². The fourth-order valence-electron chi connectivity index (χ4n) is 1.33. The molecule has 0 aromatic carbocycles. The molecule has 0 saturated carbocycles. The zero-order chi connectivity index (χ0) is 13.7. The van der Waals surface area contributed by atoms with Gasteiger partial charge in [-0.25, -0.2) is 3.11 Å². The summed E-state index contributed by atoms with van der Waals surface area (Å²) in [5.41, 5.74) is 0.479. The molecule has 0 amide bonds. The molecule has 17 heavy (non-hydrogen) atoms. The molecule has 1 N–H and O–H groups in total. The van der Waals surface area contributed by atoms with E-state index in [1.54, 1.807) is 0 Å². The van der Waals surface area contributed by atoms with Gasteiger partial charge >= 0.3 is 0 Å². The Balaban J connectivity index is 3.70. The van der Waals surface area contributed by atoms with Crippen LogP contribution in [0.1, 0.15) is 41.5 Å². The SMILES string of the molecule is CN(CCNC(C)(C)C)CCN(I)C(C)(C)C. The van der Waals surface area contributed by atoms with Crippen molar-refractivity contribution in [1.29, 1.82) is 0 Å². The predicted molar refractivity (Wildman–Crippen MR) is 85.7 cm³/mol. The minimum Gasteiger partial charge on any atom is -0.311 e. The fourth-order valence-corrected chi connectivity index (χ4v) is 1.54. The van der Waals surface area contributed by atoms with Crippen LogP contribution in [0.4, 0.5) is 0 Å². The van der Waals surface area contributed by atoms with Gasteiger partial charge in [-0.1, -0.05) is 0 Å². The summed E-state index contributed by atoms with van der Waals surface area (Å²) in [6.45, 7) is 17.8. The number of halogens is 1. The van der Waals surface area contributed by atoms with Crippen LogP contribution >= 0.6 is 22.9 Å². The van der Waals surface area contributed by atoms with Crippen molar-refractivity contribution in [2.45, 2.75) is 52.6 Å². The molecule has 0 fully saturated rings. The summed E-state index contributed by atoms with van der Waals surface area (Å²) in [5, 5.41) is 3.51. The van der Waals surface area contributed by atoms with Gasteiger partial charge in [0.25, 0.3) is 0 Å². The Hall–Kier alpha value is 0.610. The summed E-state index contributed by atoms with van der Waals surface area (Å²) in [5.74, 6) is 0. The molecule has 0 radical (unpaired) electrons. The number of hydrogen-bond acceptors (Lipinski definition) is 3. The molecule has 0 aliphatic carbocycles. The van der Waals surface area contributed by atoms with Crippen LogP contribution in [0.15, 0.2) is 0 Å². The molecule has 0 rings (SSSR count). The molecular weight excluding hydrogens is 325 g/mol. The van der Waals surface area contributed by atoms with Crippen LogP contribution in [0.25, 0.3) is 0 Å². The van der Waals surface area contributed by atoms with E-state index in [2.05, 4.69) is 84.8 Å². The summed E-state index contributed by atoms with van der Waals surface area (Å²) < 4.78 is 2.37. The Bertz CT molecular complexity index is 206. The van der Waals surface area contributed by atoms with Crippen molar-refractivity contribution < 1.29 is 0 Å². The molecule has 0 atom stereocenters. The Kier molecular flexibility index (Phi) is 7.52. The molecule has 0 unspecified atom stereocenters. The van der Waals surface area contributed by atoms with Crippen molar-refractivity contribution in [1.82, 2.24) is 13.3 Å². The molecule has 0 aromatic rings. The average molecular weight is 355 g/mol. The van der Waals surface area contributed by atoms with Gasteiger partial charge in [0.1, 0.15) is 0 Å². The van der Waals surface area contributed by atoms with Gasteiger partial charge in [0.15, 0.2) is 0 Å². The van der Waals surface area contributed by atoms with E-state index in [1.165, 1.54) is 0 Å². The standard InChI is InChI=1S/C13H30IN3/c1-12(2,3)15-8-9-16(7)10-11-17(14)13(4,5)6/h15H,8-11H2,1-7H3. The van der Waals surface area contributed by atoms with E-state index < -0.39 is 0 Å². The quantitative estimate of drug-likeness (QED) is 0.584. The summed E-state index contributed by atoms with van der Waals surface area (Å²) in [7, 11) is 2.19. The van der Waals surface area contributed by atoms with Crippen molar-refractivity contribution in [3.8, 4) is 0 Å². The van der Waals surface area contributed by atoms with E-state index in [9.17, 15) is 0 Å². The first-order valence-electron chi connectivity index (χ1n) is 6.39. The average Bonchev–Trinajstić information content (AvgIpc) is 2.10. The van der Waals surface area contributed by atoms with Crippen molar-refractivity contribution in [2.24, 2.45) is 0 Å². The first kappa shape index (κ1) is 17.6. The number of likely N-dealkylation sites (N-methyl/N-ethyl adjacent to an activating group) is 1. The van der Waals surface area contributed by atoms with E-state index in [0.29, 0.717) is 0 Å². The van der Waals surface area contributed by atoms with Crippen LogP contribution in [-0.4, -0.2) is 52.3 Å². The van der Waals surface area contributed by atoms with Crippen LogP contribution in [0.3, 0.4) is 0 Å². The number of nitrogens with zero attached hydrogens (tertiary/aromatic N) is 2. The second-order valence-corrected chi connectivity index (χ2v) is 7.90. The lowest BCUT2D eigenvalue weighted by Gasteiger charge is -2.31. The first-order valence-corrected chi connectivity index (χ1v) is 7.36. The second-order valence-electron chi connectivity index (χ2n) is 6.74. The van der Waals surface area contributed by atoms with Crippen molar-refractivity contribution in [3.05, 3.63) is 0 Å². The first-order chi connectivity index (χ1) is 7.52. The van der Waals surface area contributed by atoms with Gasteiger partial charge in [0, 0.05) is 60.1 Å². The molecule has 4 heteroatoms. The summed E-state index contributed by atoms with van der Waals surface area (Å²) in [4.78, 5) is 2.39. The van der Waals surface area contributed by atoms with Gasteiger partial charge in [-0.05, 0) is 48.6 Å². The third kappa shape index (κ3) is 10.2. The molecule has 0 bridgehead atoms. The smallest absolute Gasteiger partial charge is 0.0221 e. The Morgan fingerprint density at radius 3 is 1.88 bits per heavy atom. The lowest BCUT2D eigenvalue weighted by atomic mass is 10.1. The lowest BCUT2D eigenvalue weighted by Crippen LogP contribution is -2.43.